The Hall–Kier alpha value is -3.02. The average Bonchev–Trinajstić information content (AvgIpc) is 2.55. The summed E-state index contributed by atoms with van der Waals surface area (Å²) >= 11 is 0. The third-order valence-electron chi connectivity index (χ3n) is 3.05. The Bertz CT molecular complexity index is 747. The summed E-state index contributed by atoms with van der Waals surface area (Å²) in [5.41, 5.74) is 0.0881. The molecule has 0 radical (unpaired) electrons. The van der Waals surface area contributed by atoms with Crippen molar-refractivity contribution in [2.45, 2.75) is 26.4 Å². The van der Waals surface area contributed by atoms with E-state index in [1.54, 1.807) is 76.4 Å². The van der Waals surface area contributed by atoms with Gasteiger partial charge in [-0.1, -0.05) is 12.1 Å². The van der Waals surface area contributed by atoms with Gasteiger partial charge < -0.3 is 14.2 Å². The first-order valence-electron chi connectivity index (χ1n) is 7.74. The van der Waals surface area contributed by atoms with Crippen molar-refractivity contribution in [3.05, 3.63) is 54.1 Å². The number of carbonyl (C=O) groups excluding carboxylic acids is 2. The molecule has 0 bridgehead atoms. The smallest absolute Gasteiger partial charge is 0.412 e. The number of methoxy groups -OCH3 is 1. The molecule has 2 aromatic rings. The summed E-state index contributed by atoms with van der Waals surface area (Å²) in [6, 6.07) is 13.2. The molecule has 2 aromatic carbocycles. The highest BCUT2D eigenvalue weighted by atomic mass is 16.6. The summed E-state index contributed by atoms with van der Waals surface area (Å²) in [6.07, 6.45) is -0.625. The van der Waals surface area contributed by atoms with E-state index in [-0.39, 0.29) is 5.75 Å². The Morgan fingerprint density at radius 1 is 0.960 bits per heavy atom. The van der Waals surface area contributed by atoms with Crippen LogP contribution in [-0.4, -0.2) is 24.8 Å². The highest BCUT2D eigenvalue weighted by Gasteiger charge is 2.18. The molecule has 0 aromatic heterocycles. The molecule has 0 saturated carbocycles. The minimum absolute atomic E-state index is 0.231. The first-order chi connectivity index (χ1) is 11.8. The summed E-state index contributed by atoms with van der Waals surface area (Å²) in [5.74, 6) is 0.332. The van der Waals surface area contributed by atoms with E-state index < -0.39 is 17.7 Å². The van der Waals surface area contributed by atoms with Gasteiger partial charge in [0.05, 0.1) is 18.4 Å². The predicted molar refractivity (Wildman–Crippen MR) is 94.3 cm³/mol. The molecule has 1 amide bonds. The summed E-state index contributed by atoms with van der Waals surface area (Å²) in [7, 11) is 1.55. The summed E-state index contributed by atoms with van der Waals surface area (Å²) in [4.78, 5) is 24.2. The molecule has 0 atom stereocenters. The van der Waals surface area contributed by atoms with Crippen LogP contribution in [0.2, 0.25) is 0 Å². The highest BCUT2D eigenvalue weighted by Crippen LogP contribution is 2.25. The number of anilines is 1. The fourth-order valence-corrected chi connectivity index (χ4v) is 1.96. The number of ether oxygens (including phenoxy) is 3. The lowest BCUT2D eigenvalue weighted by atomic mass is 10.2. The monoisotopic (exact) mass is 343 g/mol. The van der Waals surface area contributed by atoms with E-state index >= 15 is 0 Å². The van der Waals surface area contributed by atoms with Gasteiger partial charge in [0.2, 0.25) is 0 Å². The van der Waals surface area contributed by atoms with Crippen LogP contribution in [0.1, 0.15) is 31.1 Å². The molecule has 0 aliphatic rings. The van der Waals surface area contributed by atoms with Crippen LogP contribution in [0.25, 0.3) is 0 Å². The van der Waals surface area contributed by atoms with Gasteiger partial charge in [-0.25, -0.2) is 9.59 Å². The quantitative estimate of drug-likeness (QED) is 0.663. The van der Waals surface area contributed by atoms with Crippen LogP contribution in [-0.2, 0) is 4.74 Å². The van der Waals surface area contributed by atoms with Crippen LogP contribution in [0.5, 0.6) is 11.5 Å². The molecule has 2 rings (SSSR count). The Kier molecular flexibility index (Phi) is 5.64. The van der Waals surface area contributed by atoms with Crippen molar-refractivity contribution in [3.8, 4) is 11.5 Å². The molecular formula is C19H21NO5. The topological polar surface area (TPSA) is 73.9 Å². The fourth-order valence-electron chi connectivity index (χ4n) is 1.96. The van der Waals surface area contributed by atoms with Crippen LogP contribution in [0.4, 0.5) is 10.5 Å². The lowest BCUT2D eigenvalue weighted by Crippen LogP contribution is -2.27. The van der Waals surface area contributed by atoms with Crippen molar-refractivity contribution in [2.75, 3.05) is 12.4 Å². The number of nitrogens with one attached hydrogen (secondary N) is 1. The van der Waals surface area contributed by atoms with Crippen molar-refractivity contribution in [1.82, 2.24) is 0 Å². The second-order valence-corrected chi connectivity index (χ2v) is 6.24. The van der Waals surface area contributed by atoms with Gasteiger partial charge in [0, 0.05) is 0 Å². The van der Waals surface area contributed by atoms with E-state index in [4.69, 9.17) is 14.2 Å². The second kappa shape index (κ2) is 7.70. The number of esters is 1. The fraction of sp³-hybridized carbons (Fsp3) is 0.263. The molecule has 25 heavy (non-hydrogen) atoms. The van der Waals surface area contributed by atoms with Gasteiger partial charge in [-0.2, -0.15) is 0 Å². The molecular weight excluding hydrogens is 322 g/mol. The van der Waals surface area contributed by atoms with Crippen LogP contribution in [0, 0.1) is 0 Å². The van der Waals surface area contributed by atoms with Gasteiger partial charge in [-0.3, -0.25) is 5.32 Å². The number of benzene rings is 2. The zero-order valence-electron chi connectivity index (χ0n) is 14.7. The summed E-state index contributed by atoms with van der Waals surface area (Å²) in [6.45, 7) is 5.30. The minimum Gasteiger partial charge on any atom is -0.497 e. The highest BCUT2D eigenvalue weighted by molar-refractivity contribution is 5.93. The number of para-hydroxylation sites is 2. The summed E-state index contributed by atoms with van der Waals surface area (Å²) < 4.78 is 15.6. The third-order valence-corrected chi connectivity index (χ3v) is 3.05. The summed E-state index contributed by atoms with van der Waals surface area (Å²) in [5, 5.41) is 2.58. The van der Waals surface area contributed by atoms with E-state index in [2.05, 4.69) is 5.32 Å². The normalized spacial score (nSPS) is 10.7. The van der Waals surface area contributed by atoms with Gasteiger partial charge in [0.25, 0.3) is 0 Å². The number of rotatable bonds is 4. The first kappa shape index (κ1) is 18.3. The molecule has 0 aliphatic heterocycles. The lowest BCUT2D eigenvalue weighted by molar-refractivity contribution is 0.0630. The van der Waals surface area contributed by atoms with Gasteiger partial charge in [0.1, 0.15) is 11.4 Å². The standard InChI is InChI=1S/C19H21NO5/c1-19(2,3)25-18(22)20-15-7-5-6-8-16(15)24-17(21)13-9-11-14(23-4)12-10-13/h5-12H,1-4H3,(H,20,22). The largest absolute Gasteiger partial charge is 0.497 e. The number of amides is 1. The Balaban J connectivity index is 2.11. The van der Waals surface area contributed by atoms with E-state index in [0.717, 1.165) is 0 Å². The van der Waals surface area contributed by atoms with Crippen LogP contribution in [0.3, 0.4) is 0 Å². The Morgan fingerprint density at radius 3 is 2.20 bits per heavy atom. The van der Waals surface area contributed by atoms with Crippen molar-refractivity contribution >= 4 is 17.7 Å². The zero-order valence-corrected chi connectivity index (χ0v) is 14.7. The number of hydrogen-bond donors (Lipinski definition) is 1. The zero-order chi connectivity index (χ0) is 18.4. The Morgan fingerprint density at radius 2 is 1.60 bits per heavy atom. The van der Waals surface area contributed by atoms with Crippen LogP contribution < -0.4 is 14.8 Å². The van der Waals surface area contributed by atoms with Crippen LogP contribution in [0.15, 0.2) is 48.5 Å². The van der Waals surface area contributed by atoms with E-state index in [1.165, 1.54) is 0 Å². The molecule has 1 N–H and O–H groups in total. The molecule has 0 spiro atoms. The number of carbonyl (C=O) groups is 2. The Labute approximate surface area is 146 Å². The number of hydrogen-bond acceptors (Lipinski definition) is 5. The predicted octanol–water partition coefficient (Wildman–Crippen LogP) is 4.26. The second-order valence-electron chi connectivity index (χ2n) is 6.24. The maximum absolute atomic E-state index is 12.3. The van der Waals surface area contributed by atoms with Crippen molar-refractivity contribution in [3.63, 3.8) is 0 Å². The molecule has 0 fully saturated rings. The molecule has 132 valence electrons. The molecule has 6 nitrogen and oxygen atoms in total. The molecule has 0 aliphatic carbocycles. The minimum atomic E-state index is -0.626. The van der Waals surface area contributed by atoms with E-state index in [0.29, 0.717) is 17.0 Å². The van der Waals surface area contributed by atoms with E-state index in [1.807, 2.05) is 0 Å². The third kappa shape index (κ3) is 5.53. The molecule has 6 heteroatoms. The van der Waals surface area contributed by atoms with E-state index in [9.17, 15) is 9.59 Å². The van der Waals surface area contributed by atoms with Crippen molar-refractivity contribution < 1.29 is 23.8 Å². The maximum Gasteiger partial charge on any atom is 0.412 e. The molecule has 0 saturated heterocycles. The molecule has 0 unspecified atom stereocenters. The van der Waals surface area contributed by atoms with Crippen molar-refractivity contribution in [1.29, 1.82) is 0 Å². The van der Waals surface area contributed by atoms with Gasteiger partial charge in [-0.15, -0.1) is 0 Å². The SMILES string of the molecule is COc1ccc(C(=O)Oc2ccccc2NC(=O)OC(C)(C)C)cc1. The first-order valence-corrected chi connectivity index (χ1v) is 7.74. The average molecular weight is 343 g/mol. The lowest BCUT2D eigenvalue weighted by Gasteiger charge is -2.20. The maximum atomic E-state index is 12.3. The van der Waals surface area contributed by atoms with Gasteiger partial charge >= 0.3 is 12.1 Å². The van der Waals surface area contributed by atoms with Crippen LogP contribution >= 0.6 is 0 Å². The molecule has 0 heterocycles. The van der Waals surface area contributed by atoms with Gasteiger partial charge in [0.15, 0.2) is 5.75 Å². The van der Waals surface area contributed by atoms with Gasteiger partial charge in [-0.05, 0) is 57.2 Å². The van der Waals surface area contributed by atoms with Crippen molar-refractivity contribution in [2.24, 2.45) is 0 Å².